The lowest BCUT2D eigenvalue weighted by molar-refractivity contribution is -0.141. The molecule has 14 heteroatoms. The number of amides is 2. The summed E-state index contributed by atoms with van der Waals surface area (Å²) in [5, 5.41) is 3.27. The van der Waals surface area contributed by atoms with Crippen LogP contribution in [0.2, 0.25) is 0 Å². The first-order chi connectivity index (χ1) is 21.6. The molecule has 1 aliphatic rings. The van der Waals surface area contributed by atoms with Crippen molar-refractivity contribution >= 4 is 34.9 Å². The molecule has 5 rings (SSSR count). The molecular formula is C31H33F2N7O5. The van der Waals surface area contributed by atoms with Gasteiger partial charge in [-0.3, -0.25) is 18.8 Å². The zero-order valence-corrected chi connectivity index (χ0v) is 24.8. The molecular weight excluding hydrogens is 588 g/mol. The molecule has 3 heterocycles. The number of imidazole rings is 1. The maximum atomic E-state index is 13.4. The highest BCUT2D eigenvalue weighted by molar-refractivity contribution is 5.96. The molecule has 1 fully saturated rings. The van der Waals surface area contributed by atoms with Gasteiger partial charge in [0.25, 0.3) is 5.91 Å². The normalized spacial score (nSPS) is 14.0. The molecule has 4 aromatic rings. The molecule has 0 spiro atoms. The average molecular weight is 622 g/mol. The van der Waals surface area contributed by atoms with Crippen LogP contribution >= 0.6 is 0 Å². The summed E-state index contributed by atoms with van der Waals surface area (Å²) in [5.41, 5.74) is 10.0. The van der Waals surface area contributed by atoms with Crippen LogP contribution in [0.15, 0.2) is 61.1 Å². The molecule has 0 aliphatic carbocycles. The molecule has 1 aliphatic heterocycles. The molecule has 1 saturated heterocycles. The number of benzene rings is 2. The number of ether oxygens (including phenoxy) is 2. The number of aromatic nitrogens is 3. The summed E-state index contributed by atoms with van der Waals surface area (Å²) < 4.78 is 35.9. The van der Waals surface area contributed by atoms with Crippen LogP contribution in [0, 0.1) is 6.92 Å². The number of hydrogen-bond donors (Lipinski definition) is 2. The van der Waals surface area contributed by atoms with Gasteiger partial charge >= 0.3 is 12.6 Å². The number of carbonyl (C=O) groups is 3. The van der Waals surface area contributed by atoms with Gasteiger partial charge in [-0.1, -0.05) is 0 Å². The lowest BCUT2D eigenvalue weighted by Gasteiger charge is -2.36. The van der Waals surface area contributed by atoms with E-state index in [1.54, 1.807) is 52.7 Å². The van der Waals surface area contributed by atoms with Gasteiger partial charge in [0, 0.05) is 61.8 Å². The number of anilines is 2. The molecule has 12 nitrogen and oxygen atoms in total. The van der Waals surface area contributed by atoms with Crippen LogP contribution in [0.4, 0.5) is 20.3 Å². The van der Waals surface area contributed by atoms with Gasteiger partial charge in [0.2, 0.25) is 5.91 Å². The number of alkyl halides is 2. The lowest BCUT2D eigenvalue weighted by Crippen LogP contribution is -2.54. The first-order valence-electron chi connectivity index (χ1n) is 14.3. The number of methoxy groups -OCH3 is 1. The van der Waals surface area contributed by atoms with E-state index in [0.717, 1.165) is 16.8 Å². The first-order valence-corrected chi connectivity index (χ1v) is 14.3. The Labute approximate surface area is 257 Å². The molecule has 1 atom stereocenters. The average Bonchev–Trinajstić information content (AvgIpc) is 3.48. The highest BCUT2D eigenvalue weighted by Crippen LogP contribution is 2.28. The van der Waals surface area contributed by atoms with E-state index in [-0.39, 0.29) is 30.4 Å². The molecule has 236 valence electrons. The predicted octanol–water partition coefficient (Wildman–Crippen LogP) is 3.61. The van der Waals surface area contributed by atoms with Crippen LogP contribution in [-0.2, 0) is 14.3 Å². The van der Waals surface area contributed by atoms with Crippen molar-refractivity contribution in [3.05, 3.63) is 72.2 Å². The molecule has 0 saturated carbocycles. The number of rotatable bonds is 10. The molecule has 2 aromatic carbocycles. The highest BCUT2D eigenvalue weighted by atomic mass is 19.3. The maximum Gasteiger partial charge on any atom is 0.387 e. The summed E-state index contributed by atoms with van der Waals surface area (Å²) >= 11 is 0. The lowest BCUT2D eigenvalue weighted by atomic mass is 10.1. The van der Waals surface area contributed by atoms with Gasteiger partial charge in [-0.2, -0.15) is 8.78 Å². The van der Waals surface area contributed by atoms with Crippen molar-refractivity contribution in [2.75, 3.05) is 38.6 Å². The number of nitrogens with one attached hydrogen (secondary N) is 1. The van der Waals surface area contributed by atoms with Crippen LogP contribution in [0.25, 0.3) is 16.9 Å². The summed E-state index contributed by atoms with van der Waals surface area (Å²) in [5.74, 6) is -0.243. The number of fused-ring (bicyclic) bond motifs is 1. The molecule has 45 heavy (non-hydrogen) atoms. The molecule has 0 unspecified atom stereocenters. The van der Waals surface area contributed by atoms with E-state index >= 15 is 0 Å². The Bertz CT molecular complexity index is 1690. The number of nitrogens with two attached hydrogens (primary N) is 1. The van der Waals surface area contributed by atoms with Gasteiger partial charge in [-0.15, -0.1) is 0 Å². The van der Waals surface area contributed by atoms with Crippen LogP contribution in [0.5, 0.6) is 5.75 Å². The van der Waals surface area contributed by atoms with Crippen molar-refractivity contribution in [3.8, 4) is 17.0 Å². The standard InChI is InChI=1S/C31H33F2N7O5/c1-19-17-21(5-8-23(19)29(42)38-13-15-39(16-14-38)30(43)24(34)9-10-26(41)44-2)37-27-28-36-18-25(40(28)12-11-35-27)20-3-6-22(7-4-20)45-31(32)33/h3-8,11-12,17-18,24,31H,9-10,13-16,34H2,1-2H3,(H,35,37)/t24-/m0/s1. The Kier molecular flexibility index (Phi) is 9.52. The monoisotopic (exact) mass is 621 g/mol. The van der Waals surface area contributed by atoms with E-state index in [2.05, 4.69) is 24.8 Å². The number of carbonyl (C=O) groups excluding carboxylic acids is 3. The van der Waals surface area contributed by atoms with E-state index in [1.807, 2.05) is 17.4 Å². The van der Waals surface area contributed by atoms with Crippen molar-refractivity contribution in [2.45, 2.75) is 32.4 Å². The second-order valence-corrected chi connectivity index (χ2v) is 10.5. The van der Waals surface area contributed by atoms with Crippen molar-refractivity contribution in [1.82, 2.24) is 24.2 Å². The number of hydrogen-bond acceptors (Lipinski definition) is 9. The Morgan fingerprint density at radius 2 is 1.73 bits per heavy atom. The van der Waals surface area contributed by atoms with Gasteiger partial charge in [-0.05, 0) is 61.4 Å². The Morgan fingerprint density at radius 3 is 2.40 bits per heavy atom. The Morgan fingerprint density at radius 1 is 1.02 bits per heavy atom. The van der Waals surface area contributed by atoms with Crippen molar-refractivity contribution in [3.63, 3.8) is 0 Å². The molecule has 3 N–H and O–H groups in total. The molecule has 2 aromatic heterocycles. The van der Waals surface area contributed by atoms with E-state index < -0.39 is 18.6 Å². The van der Waals surface area contributed by atoms with Gasteiger partial charge < -0.3 is 30.3 Å². The summed E-state index contributed by atoms with van der Waals surface area (Å²) in [6, 6.07) is 10.9. The Balaban J connectivity index is 1.22. The van der Waals surface area contributed by atoms with E-state index in [1.165, 1.54) is 19.2 Å². The minimum atomic E-state index is -2.90. The SMILES string of the molecule is COC(=O)CC[C@H](N)C(=O)N1CCN(C(=O)c2ccc(Nc3nccn4c(-c5ccc(OC(F)F)cc5)cnc34)cc2C)CC1. The minimum absolute atomic E-state index is 0.0649. The van der Waals surface area contributed by atoms with Crippen LogP contribution in [-0.4, -0.2) is 87.9 Å². The zero-order valence-electron chi connectivity index (χ0n) is 24.8. The number of nitrogens with zero attached hydrogens (tertiary/aromatic N) is 5. The maximum absolute atomic E-state index is 13.4. The van der Waals surface area contributed by atoms with Gasteiger partial charge in [0.15, 0.2) is 11.5 Å². The number of aryl methyl sites for hydroxylation is 1. The van der Waals surface area contributed by atoms with Gasteiger partial charge in [0.1, 0.15) is 5.75 Å². The number of halogens is 2. The van der Waals surface area contributed by atoms with Crippen molar-refractivity contribution in [1.29, 1.82) is 0 Å². The van der Waals surface area contributed by atoms with Crippen molar-refractivity contribution in [2.24, 2.45) is 5.73 Å². The van der Waals surface area contributed by atoms with Crippen molar-refractivity contribution < 1.29 is 32.6 Å². The van der Waals surface area contributed by atoms with Gasteiger partial charge in [-0.25, -0.2) is 9.97 Å². The topological polar surface area (TPSA) is 144 Å². The second kappa shape index (κ2) is 13.7. The van der Waals surface area contributed by atoms with Gasteiger partial charge in [0.05, 0.1) is 25.0 Å². The summed E-state index contributed by atoms with van der Waals surface area (Å²) in [6.07, 6.45) is 5.31. The highest BCUT2D eigenvalue weighted by Gasteiger charge is 2.28. The zero-order chi connectivity index (χ0) is 32.1. The van der Waals surface area contributed by atoms with E-state index in [9.17, 15) is 23.2 Å². The minimum Gasteiger partial charge on any atom is -0.469 e. The van der Waals surface area contributed by atoms with Crippen LogP contribution in [0.3, 0.4) is 0 Å². The number of piperazine rings is 1. The number of esters is 1. The molecule has 2 amide bonds. The largest absolute Gasteiger partial charge is 0.469 e. The third kappa shape index (κ3) is 7.17. The molecule has 0 radical (unpaired) electrons. The fraction of sp³-hybridized carbons (Fsp3) is 0.323. The third-order valence-electron chi connectivity index (χ3n) is 7.61. The fourth-order valence-electron chi connectivity index (χ4n) is 5.18. The van der Waals surface area contributed by atoms with E-state index in [0.29, 0.717) is 48.9 Å². The van der Waals surface area contributed by atoms with Crippen LogP contribution < -0.4 is 15.8 Å². The Hall–Kier alpha value is -5.11. The summed E-state index contributed by atoms with van der Waals surface area (Å²) in [6.45, 7) is 0.386. The predicted molar refractivity (Wildman–Crippen MR) is 161 cm³/mol. The fourth-order valence-corrected chi connectivity index (χ4v) is 5.18. The molecule has 0 bridgehead atoms. The van der Waals surface area contributed by atoms with E-state index in [4.69, 9.17) is 5.73 Å². The van der Waals surface area contributed by atoms with Crippen LogP contribution in [0.1, 0.15) is 28.8 Å². The first kappa shape index (κ1) is 31.3. The second-order valence-electron chi connectivity index (χ2n) is 10.5. The summed E-state index contributed by atoms with van der Waals surface area (Å²) in [7, 11) is 1.29. The third-order valence-corrected chi connectivity index (χ3v) is 7.61. The quantitative estimate of drug-likeness (QED) is 0.254. The summed E-state index contributed by atoms with van der Waals surface area (Å²) in [4.78, 5) is 49.7. The smallest absolute Gasteiger partial charge is 0.387 e.